The zero-order chi connectivity index (χ0) is 17.5. The van der Waals surface area contributed by atoms with Crippen molar-refractivity contribution in [2.45, 2.75) is 38.6 Å². The van der Waals surface area contributed by atoms with E-state index < -0.39 is 0 Å². The van der Waals surface area contributed by atoms with Gasteiger partial charge in [0.2, 0.25) is 17.7 Å². The zero-order valence-electron chi connectivity index (χ0n) is 14.1. The summed E-state index contributed by atoms with van der Waals surface area (Å²) in [6.07, 6.45) is 2.67. The summed E-state index contributed by atoms with van der Waals surface area (Å²) in [6.45, 7) is 2.03. The lowest BCUT2D eigenvalue weighted by molar-refractivity contribution is -0.121. The van der Waals surface area contributed by atoms with Crippen LogP contribution in [0.1, 0.15) is 31.2 Å². The lowest BCUT2D eigenvalue weighted by Gasteiger charge is -2.13. The molecule has 0 saturated heterocycles. The Morgan fingerprint density at radius 2 is 2.04 bits per heavy atom. The minimum atomic E-state index is 0.0100. The van der Waals surface area contributed by atoms with E-state index in [1.165, 1.54) is 5.56 Å². The molecule has 6 heteroatoms. The SMILES string of the molecule is CC(CCc1ccccc1)NC(=O)CCc1nnc(-c2ccsc2)o1. The van der Waals surface area contributed by atoms with Crippen molar-refractivity contribution < 1.29 is 9.21 Å². The smallest absolute Gasteiger partial charge is 0.248 e. The first-order valence-electron chi connectivity index (χ1n) is 8.39. The number of nitrogens with zero attached hydrogens (tertiary/aromatic N) is 2. The third kappa shape index (κ3) is 5.26. The number of thiophene rings is 1. The van der Waals surface area contributed by atoms with Crippen molar-refractivity contribution in [3.63, 3.8) is 0 Å². The number of nitrogens with one attached hydrogen (secondary N) is 1. The Bertz CT molecular complexity index is 784. The van der Waals surface area contributed by atoms with Gasteiger partial charge in [-0.15, -0.1) is 10.2 Å². The average Bonchev–Trinajstić information content (AvgIpc) is 3.30. The normalized spacial score (nSPS) is 12.0. The molecule has 0 aliphatic heterocycles. The Morgan fingerprint density at radius 1 is 1.20 bits per heavy atom. The van der Waals surface area contributed by atoms with Crippen LogP contribution in [-0.4, -0.2) is 22.1 Å². The van der Waals surface area contributed by atoms with Crippen molar-refractivity contribution >= 4 is 17.2 Å². The van der Waals surface area contributed by atoms with Gasteiger partial charge in [0, 0.05) is 29.8 Å². The highest BCUT2D eigenvalue weighted by atomic mass is 32.1. The Morgan fingerprint density at radius 3 is 2.80 bits per heavy atom. The van der Waals surface area contributed by atoms with E-state index in [4.69, 9.17) is 4.42 Å². The van der Waals surface area contributed by atoms with Gasteiger partial charge < -0.3 is 9.73 Å². The van der Waals surface area contributed by atoms with Crippen LogP contribution in [0, 0.1) is 0 Å². The number of hydrogen-bond acceptors (Lipinski definition) is 5. The molecule has 130 valence electrons. The molecule has 0 aliphatic rings. The molecule has 0 aliphatic carbocycles. The molecule has 1 aromatic carbocycles. The van der Waals surface area contributed by atoms with Gasteiger partial charge >= 0.3 is 0 Å². The highest BCUT2D eigenvalue weighted by Crippen LogP contribution is 2.20. The highest BCUT2D eigenvalue weighted by molar-refractivity contribution is 7.08. The molecule has 0 spiro atoms. The van der Waals surface area contributed by atoms with Gasteiger partial charge in [0.15, 0.2) is 0 Å². The van der Waals surface area contributed by atoms with Gasteiger partial charge in [0.25, 0.3) is 0 Å². The second-order valence-corrected chi connectivity index (χ2v) is 6.79. The van der Waals surface area contributed by atoms with E-state index in [1.807, 2.05) is 41.9 Å². The molecule has 5 nitrogen and oxygen atoms in total. The molecule has 1 unspecified atom stereocenters. The fourth-order valence-corrected chi connectivity index (χ4v) is 3.15. The lowest BCUT2D eigenvalue weighted by atomic mass is 10.1. The molecule has 3 rings (SSSR count). The fourth-order valence-electron chi connectivity index (χ4n) is 2.52. The minimum Gasteiger partial charge on any atom is -0.421 e. The van der Waals surface area contributed by atoms with Gasteiger partial charge in [-0.25, -0.2) is 0 Å². The zero-order valence-corrected chi connectivity index (χ0v) is 15.0. The van der Waals surface area contributed by atoms with Crippen LogP contribution in [0.2, 0.25) is 0 Å². The summed E-state index contributed by atoms with van der Waals surface area (Å²) in [4.78, 5) is 12.1. The number of hydrogen-bond donors (Lipinski definition) is 1. The molecule has 0 bridgehead atoms. The van der Waals surface area contributed by atoms with E-state index in [0.29, 0.717) is 24.6 Å². The first kappa shape index (κ1) is 17.4. The van der Waals surface area contributed by atoms with Crippen molar-refractivity contribution in [2.75, 3.05) is 0 Å². The van der Waals surface area contributed by atoms with Gasteiger partial charge in [-0.2, -0.15) is 11.3 Å². The maximum Gasteiger partial charge on any atom is 0.248 e. The van der Waals surface area contributed by atoms with Crippen molar-refractivity contribution in [1.82, 2.24) is 15.5 Å². The number of rotatable bonds is 8. The van der Waals surface area contributed by atoms with Crippen LogP contribution >= 0.6 is 11.3 Å². The third-order valence-electron chi connectivity index (χ3n) is 3.92. The standard InChI is InChI=1S/C19H21N3O2S/c1-14(7-8-15-5-3-2-4-6-15)20-17(23)9-10-18-21-22-19(24-18)16-11-12-25-13-16/h2-6,11-14H,7-10H2,1H3,(H,20,23). The molecule has 1 N–H and O–H groups in total. The molecule has 0 fully saturated rings. The van der Waals surface area contributed by atoms with E-state index >= 15 is 0 Å². The maximum absolute atomic E-state index is 12.1. The van der Waals surface area contributed by atoms with Gasteiger partial charge in [-0.05, 0) is 36.8 Å². The number of aryl methyl sites for hydroxylation is 2. The van der Waals surface area contributed by atoms with Crippen molar-refractivity contribution in [2.24, 2.45) is 0 Å². The summed E-state index contributed by atoms with van der Waals surface area (Å²) in [5.74, 6) is 1.01. The second kappa shape index (κ2) is 8.58. The predicted octanol–water partition coefficient (Wildman–Crippen LogP) is 3.87. The van der Waals surface area contributed by atoms with Gasteiger partial charge in [-0.1, -0.05) is 30.3 Å². The topological polar surface area (TPSA) is 68.0 Å². The molecule has 1 atom stereocenters. The first-order valence-corrected chi connectivity index (χ1v) is 9.33. The van der Waals surface area contributed by atoms with Crippen molar-refractivity contribution in [3.8, 4) is 11.5 Å². The second-order valence-electron chi connectivity index (χ2n) is 6.01. The Balaban J connectivity index is 1.40. The molecule has 2 aromatic heterocycles. The molecule has 3 aromatic rings. The molecule has 1 amide bonds. The summed E-state index contributed by atoms with van der Waals surface area (Å²) in [6, 6.07) is 12.4. The largest absolute Gasteiger partial charge is 0.421 e. The predicted molar refractivity (Wildman–Crippen MR) is 98.3 cm³/mol. The van der Waals surface area contributed by atoms with Crippen LogP contribution in [0.15, 0.2) is 51.6 Å². The summed E-state index contributed by atoms with van der Waals surface area (Å²) >= 11 is 1.58. The molecular formula is C19H21N3O2S. The number of amides is 1. The number of carbonyl (C=O) groups excluding carboxylic acids is 1. The average molecular weight is 355 g/mol. The maximum atomic E-state index is 12.1. The van der Waals surface area contributed by atoms with E-state index in [1.54, 1.807) is 11.3 Å². The molecule has 0 radical (unpaired) electrons. The van der Waals surface area contributed by atoms with Gasteiger partial charge in [-0.3, -0.25) is 4.79 Å². The molecular weight excluding hydrogens is 334 g/mol. The summed E-state index contributed by atoms with van der Waals surface area (Å²) < 4.78 is 5.59. The summed E-state index contributed by atoms with van der Waals surface area (Å²) in [5.41, 5.74) is 2.21. The van der Waals surface area contributed by atoms with Crippen LogP contribution < -0.4 is 5.32 Å². The van der Waals surface area contributed by atoms with Crippen molar-refractivity contribution in [3.05, 3.63) is 58.6 Å². The lowest BCUT2D eigenvalue weighted by Crippen LogP contribution is -2.33. The summed E-state index contributed by atoms with van der Waals surface area (Å²) in [7, 11) is 0. The van der Waals surface area contributed by atoms with Crippen molar-refractivity contribution in [1.29, 1.82) is 0 Å². The van der Waals surface area contributed by atoms with Crippen LogP contribution in [0.3, 0.4) is 0 Å². The highest BCUT2D eigenvalue weighted by Gasteiger charge is 2.12. The number of aromatic nitrogens is 2. The van der Waals surface area contributed by atoms with E-state index in [0.717, 1.165) is 18.4 Å². The van der Waals surface area contributed by atoms with E-state index in [-0.39, 0.29) is 11.9 Å². The molecule has 2 heterocycles. The van der Waals surface area contributed by atoms with E-state index in [2.05, 4.69) is 27.6 Å². The number of benzene rings is 1. The Hall–Kier alpha value is -2.47. The van der Waals surface area contributed by atoms with Crippen LogP contribution in [0.5, 0.6) is 0 Å². The monoisotopic (exact) mass is 355 g/mol. The minimum absolute atomic E-state index is 0.0100. The molecule has 25 heavy (non-hydrogen) atoms. The molecule has 0 saturated carbocycles. The Kier molecular flexibility index (Phi) is 5.95. The quantitative estimate of drug-likeness (QED) is 0.666. The summed E-state index contributed by atoms with van der Waals surface area (Å²) in [5, 5.41) is 15.0. The third-order valence-corrected chi connectivity index (χ3v) is 4.60. The first-order chi connectivity index (χ1) is 12.2. The van der Waals surface area contributed by atoms with Gasteiger partial charge in [0.05, 0.1) is 0 Å². The fraction of sp³-hybridized carbons (Fsp3) is 0.316. The van der Waals surface area contributed by atoms with Crippen LogP contribution in [0.25, 0.3) is 11.5 Å². The number of carbonyl (C=O) groups is 1. The van der Waals surface area contributed by atoms with Gasteiger partial charge in [0.1, 0.15) is 0 Å². The van der Waals surface area contributed by atoms with Crippen LogP contribution in [-0.2, 0) is 17.6 Å². The van der Waals surface area contributed by atoms with Crippen LogP contribution in [0.4, 0.5) is 0 Å². The van der Waals surface area contributed by atoms with E-state index in [9.17, 15) is 4.79 Å². The Labute approximate surface area is 151 Å².